The van der Waals surface area contributed by atoms with Crippen molar-refractivity contribution < 1.29 is 9.90 Å². The fraction of sp³-hybridized carbons (Fsp3) is 0.778. The molecule has 0 heterocycles. The van der Waals surface area contributed by atoms with Crippen LogP contribution < -0.4 is 16.6 Å². The molecule has 1 aliphatic carbocycles. The molecule has 0 radical (unpaired) electrons. The van der Waals surface area contributed by atoms with E-state index in [1.165, 1.54) is 0 Å². The van der Waals surface area contributed by atoms with Gasteiger partial charge in [-0.15, -0.1) is 0 Å². The molecular formula is C9H17N3O2S. The zero-order valence-electron chi connectivity index (χ0n) is 8.53. The number of hydrogen-bond acceptors (Lipinski definition) is 3. The molecule has 1 fully saturated rings. The van der Waals surface area contributed by atoms with Crippen LogP contribution in [0.25, 0.3) is 0 Å². The number of carboxylic acids is 1. The average Bonchev–Trinajstić information content (AvgIpc) is 2.18. The van der Waals surface area contributed by atoms with E-state index in [1.54, 1.807) is 0 Å². The van der Waals surface area contributed by atoms with Crippen LogP contribution in [0.15, 0.2) is 0 Å². The second kappa shape index (κ2) is 5.87. The molecule has 86 valence electrons. The highest BCUT2D eigenvalue weighted by Crippen LogP contribution is 2.28. The molecule has 0 saturated heterocycles. The number of hydrazine groups is 1. The molecule has 1 aliphatic rings. The summed E-state index contributed by atoms with van der Waals surface area (Å²) in [6.45, 7) is 0.781. The maximum absolute atomic E-state index is 10.7. The van der Waals surface area contributed by atoms with Crippen molar-refractivity contribution in [1.82, 2.24) is 10.9 Å². The van der Waals surface area contributed by atoms with Crippen molar-refractivity contribution in [2.45, 2.75) is 25.7 Å². The zero-order valence-corrected chi connectivity index (χ0v) is 9.35. The first kappa shape index (κ1) is 12.2. The number of carbonyl (C=O) groups is 1. The van der Waals surface area contributed by atoms with Gasteiger partial charge < -0.3 is 10.8 Å². The van der Waals surface area contributed by atoms with Gasteiger partial charge in [0.1, 0.15) is 0 Å². The third-order valence-corrected chi connectivity index (χ3v) is 2.90. The van der Waals surface area contributed by atoms with Crippen molar-refractivity contribution in [2.24, 2.45) is 17.6 Å². The van der Waals surface area contributed by atoms with Crippen molar-refractivity contribution >= 4 is 23.3 Å². The van der Waals surface area contributed by atoms with Crippen LogP contribution in [0, 0.1) is 11.8 Å². The van der Waals surface area contributed by atoms with Gasteiger partial charge in [-0.05, 0) is 43.8 Å². The molecule has 0 aromatic carbocycles. The highest BCUT2D eigenvalue weighted by Gasteiger charge is 2.25. The lowest BCUT2D eigenvalue weighted by Crippen LogP contribution is -2.43. The van der Waals surface area contributed by atoms with Crippen molar-refractivity contribution in [2.75, 3.05) is 6.54 Å². The predicted octanol–water partition coefficient (Wildman–Crippen LogP) is 0.215. The van der Waals surface area contributed by atoms with E-state index < -0.39 is 5.97 Å². The van der Waals surface area contributed by atoms with E-state index in [2.05, 4.69) is 23.1 Å². The Balaban J connectivity index is 2.14. The fourth-order valence-corrected chi connectivity index (χ4v) is 1.97. The summed E-state index contributed by atoms with van der Waals surface area (Å²) in [7, 11) is 0. The van der Waals surface area contributed by atoms with E-state index in [0.717, 1.165) is 32.2 Å². The van der Waals surface area contributed by atoms with Crippen LogP contribution in [0.2, 0.25) is 0 Å². The lowest BCUT2D eigenvalue weighted by Gasteiger charge is -2.26. The number of hydrogen-bond donors (Lipinski definition) is 4. The molecule has 5 nitrogen and oxygen atoms in total. The molecule has 0 unspecified atom stereocenters. The summed E-state index contributed by atoms with van der Waals surface area (Å²) in [6, 6.07) is 0. The molecule has 6 heteroatoms. The molecule has 0 aliphatic heterocycles. The summed E-state index contributed by atoms with van der Waals surface area (Å²) in [5.74, 6) is -0.296. The zero-order chi connectivity index (χ0) is 11.3. The summed E-state index contributed by atoms with van der Waals surface area (Å²) in [4.78, 5) is 10.7. The maximum Gasteiger partial charge on any atom is 0.306 e. The second-order valence-corrected chi connectivity index (χ2v) is 4.37. The molecule has 1 rings (SSSR count). The largest absolute Gasteiger partial charge is 0.481 e. The second-order valence-electron chi connectivity index (χ2n) is 3.93. The molecule has 0 atom stereocenters. The van der Waals surface area contributed by atoms with Crippen LogP contribution in [-0.2, 0) is 4.79 Å². The van der Waals surface area contributed by atoms with Gasteiger partial charge in [-0.3, -0.25) is 10.2 Å². The number of carboxylic acid groups (broad SMARTS) is 1. The quantitative estimate of drug-likeness (QED) is 0.409. The summed E-state index contributed by atoms with van der Waals surface area (Å²) in [6.07, 6.45) is 3.44. The molecule has 15 heavy (non-hydrogen) atoms. The monoisotopic (exact) mass is 231 g/mol. The molecule has 0 aromatic heterocycles. The lowest BCUT2D eigenvalue weighted by molar-refractivity contribution is -0.143. The van der Waals surface area contributed by atoms with Gasteiger partial charge in [0.15, 0.2) is 5.11 Å². The minimum atomic E-state index is -0.664. The Bertz CT molecular complexity index is 237. The van der Waals surface area contributed by atoms with Crippen molar-refractivity contribution in [3.8, 4) is 0 Å². The number of aliphatic carboxylic acids is 1. The number of nitrogens with two attached hydrogens (primary N) is 1. The number of rotatable bonds is 4. The first-order chi connectivity index (χ1) is 7.09. The van der Waals surface area contributed by atoms with E-state index in [-0.39, 0.29) is 11.0 Å². The van der Waals surface area contributed by atoms with Crippen LogP contribution in [0.4, 0.5) is 0 Å². The van der Waals surface area contributed by atoms with Crippen molar-refractivity contribution in [1.29, 1.82) is 0 Å². The van der Waals surface area contributed by atoms with Gasteiger partial charge in [0.05, 0.1) is 5.92 Å². The topological polar surface area (TPSA) is 87.4 Å². The Morgan fingerprint density at radius 3 is 2.47 bits per heavy atom. The molecule has 0 spiro atoms. The summed E-state index contributed by atoms with van der Waals surface area (Å²) in [5, 5.41) is 9.04. The minimum absolute atomic E-state index is 0.148. The molecule has 0 bridgehead atoms. The summed E-state index contributed by atoms with van der Waals surface area (Å²) in [5.41, 5.74) is 10.9. The standard InChI is InChI=1S/C9H17N3O2S/c10-9(15)12-11-5-6-1-3-7(4-2-6)8(13)14/h6-7,11H,1-5H2,(H,13,14)(H3,10,12,15). The SMILES string of the molecule is NC(=S)NNCC1CCC(C(=O)O)CC1. The molecule has 1 saturated carbocycles. The van der Waals surface area contributed by atoms with Gasteiger partial charge in [-0.25, -0.2) is 5.43 Å². The third kappa shape index (κ3) is 4.44. The molecule has 0 amide bonds. The normalized spacial score (nSPS) is 25.9. The van der Waals surface area contributed by atoms with Crippen LogP contribution in [0.1, 0.15) is 25.7 Å². The molecule has 5 N–H and O–H groups in total. The Labute approximate surface area is 94.4 Å². The third-order valence-electron chi connectivity index (χ3n) is 2.80. The number of thiocarbonyl (C=S) groups is 1. The van der Waals surface area contributed by atoms with Crippen molar-refractivity contribution in [3.05, 3.63) is 0 Å². The van der Waals surface area contributed by atoms with E-state index in [9.17, 15) is 4.79 Å². The van der Waals surface area contributed by atoms with E-state index in [1.807, 2.05) is 0 Å². The van der Waals surface area contributed by atoms with Crippen LogP contribution in [0.5, 0.6) is 0 Å². The Morgan fingerprint density at radius 2 is 2.00 bits per heavy atom. The van der Waals surface area contributed by atoms with Crippen LogP contribution in [0.3, 0.4) is 0 Å². The van der Waals surface area contributed by atoms with Crippen LogP contribution >= 0.6 is 12.2 Å². The Kier molecular flexibility index (Phi) is 4.77. The highest BCUT2D eigenvalue weighted by molar-refractivity contribution is 7.80. The molecular weight excluding hydrogens is 214 g/mol. The first-order valence-electron chi connectivity index (χ1n) is 5.10. The number of nitrogens with one attached hydrogen (secondary N) is 2. The Hall–Kier alpha value is -0.880. The summed E-state index contributed by atoms with van der Waals surface area (Å²) < 4.78 is 0. The fourth-order valence-electron chi connectivity index (χ4n) is 1.90. The maximum atomic E-state index is 10.7. The average molecular weight is 231 g/mol. The van der Waals surface area contributed by atoms with E-state index in [4.69, 9.17) is 10.8 Å². The van der Waals surface area contributed by atoms with E-state index in [0.29, 0.717) is 5.92 Å². The van der Waals surface area contributed by atoms with Crippen LogP contribution in [-0.4, -0.2) is 22.7 Å². The minimum Gasteiger partial charge on any atom is -0.481 e. The van der Waals surface area contributed by atoms with Gasteiger partial charge in [-0.1, -0.05) is 0 Å². The molecule has 0 aromatic rings. The van der Waals surface area contributed by atoms with Crippen molar-refractivity contribution in [3.63, 3.8) is 0 Å². The highest BCUT2D eigenvalue weighted by atomic mass is 32.1. The van der Waals surface area contributed by atoms with Gasteiger partial charge >= 0.3 is 5.97 Å². The lowest BCUT2D eigenvalue weighted by atomic mass is 9.82. The Morgan fingerprint density at radius 1 is 1.40 bits per heavy atom. The smallest absolute Gasteiger partial charge is 0.306 e. The van der Waals surface area contributed by atoms with Gasteiger partial charge in [0, 0.05) is 6.54 Å². The van der Waals surface area contributed by atoms with Gasteiger partial charge in [-0.2, -0.15) is 0 Å². The predicted molar refractivity (Wildman–Crippen MR) is 61.0 cm³/mol. The van der Waals surface area contributed by atoms with E-state index >= 15 is 0 Å². The first-order valence-corrected chi connectivity index (χ1v) is 5.51. The van der Waals surface area contributed by atoms with Gasteiger partial charge in [0.25, 0.3) is 0 Å². The van der Waals surface area contributed by atoms with Gasteiger partial charge in [0.2, 0.25) is 0 Å². The summed E-state index contributed by atoms with van der Waals surface area (Å²) >= 11 is 4.64.